The predicted octanol–water partition coefficient (Wildman–Crippen LogP) is 2.90. The van der Waals surface area contributed by atoms with Crippen LogP contribution >= 0.6 is 19.8 Å². The summed E-state index contributed by atoms with van der Waals surface area (Å²) < 4.78 is 0. The Hall–Kier alpha value is 3.35. The Morgan fingerprint density at radius 2 is 0.786 bits per heavy atom. The standard InChI is InChI=1S/2C4H7.2H3P.2U.2V/c2*1-4(2)3;;;;;;/h2*1-2H2,3H3;2*1H3;;;;/q2*-1;;;;;;. The van der Waals surface area contributed by atoms with Gasteiger partial charge in [0.2, 0.25) is 0 Å². The average Bonchev–Trinajstić information content (AvgIpc) is 1.25. The van der Waals surface area contributed by atoms with Crippen molar-refractivity contribution in [3.63, 3.8) is 0 Å². The predicted molar refractivity (Wildman–Crippen MR) is 62.6 cm³/mol. The molecule has 0 aliphatic carbocycles. The molecule has 14 heavy (non-hydrogen) atoms. The maximum Gasteiger partial charge on any atom is 0 e. The second-order valence-corrected chi connectivity index (χ2v) is 1.91. The molecule has 0 fully saturated rings. The molecule has 2 unspecified atom stereocenters. The molecule has 2 atom stereocenters. The van der Waals surface area contributed by atoms with Crippen LogP contribution in [0.4, 0.5) is 0 Å². The van der Waals surface area contributed by atoms with Gasteiger partial charge in [0.1, 0.15) is 0 Å². The van der Waals surface area contributed by atoms with Crippen LogP contribution in [0, 0.1) is 76.1 Å². The van der Waals surface area contributed by atoms with Crippen LogP contribution in [0.2, 0.25) is 0 Å². The zero-order valence-electron chi connectivity index (χ0n) is 9.14. The van der Waals surface area contributed by atoms with Crippen molar-refractivity contribution in [1.82, 2.24) is 0 Å². The summed E-state index contributed by atoms with van der Waals surface area (Å²) in [5, 5.41) is 0. The van der Waals surface area contributed by atoms with Crippen molar-refractivity contribution in [2.45, 2.75) is 13.8 Å². The minimum Gasteiger partial charge on any atom is -0.242 e. The fourth-order valence-electron chi connectivity index (χ4n) is 0. The molecule has 0 bridgehead atoms. The summed E-state index contributed by atoms with van der Waals surface area (Å²) in [4.78, 5) is 0. The summed E-state index contributed by atoms with van der Waals surface area (Å²) >= 11 is 0. The van der Waals surface area contributed by atoms with Gasteiger partial charge in [0.05, 0.1) is 0 Å². The summed E-state index contributed by atoms with van der Waals surface area (Å²) in [6, 6.07) is 0. The smallest absolute Gasteiger partial charge is 0 e. The van der Waals surface area contributed by atoms with Gasteiger partial charge in [0.15, 0.2) is 0 Å². The van der Waals surface area contributed by atoms with Crippen LogP contribution in [0.1, 0.15) is 13.8 Å². The fourth-order valence-corrected chi connectivity index (χ4v) is 0. The number of hydrogen-bond donors (Lipinski definition) is 0. The first-order chi connectivity index (χ1) is 3.46. The van der Waals surface area contributed by atoms with Crippen LogP contribution in [-0.2, 0) is 37.1 Å². The van der Waals surface area contributed by atoms with Crippen molar-refractivity contribution in [2.24, 2.45) is 0 Å². The molecule has 0 aromatic carbocycles. The van der Waals surface area contributed by atoms with Gasteiger partial charge in [-0.05, 0) is 0 Å². The van der Waals surface area contributed by atoms with Crippen molar-refractivity contribution >= 4 is 19.8 Å². The van der Waals surface area contributed by atoms with Gasteiger partial charge in [-0.25, -0.2) is 38.2 Å². The van der Waals surface area contributed by atoms with E-state index in [0.717, 1.165) is 11.1 Å². The third kappa shape index (κ3) is 281. The zero-order valence-corrected chi connectivity index (χ0v) is 23.1. The molecule has 6 heteroatoms. The van der Waals surface area contributed by atoms with E-state index >= 15 is 0 Å². The normalized spacial score (nSPS) is 3.57. The molecular weight excluding hydrogens is 736 g/mol. The zero-order chi connectivity index (χ0) is 7.15. The van der Waals surface area contributed by atoms with E-state index < -0.39 is 0 Å². The number of allylic oxidation sites excluding steroid dienone is 2. The Balaban J connectivity index is -0.00000000600. The van der Waals surface area contributed by atoms with Gasteiger partial charge in [0.25, 0.3) is 0 Å². The molecule has 0 aliphatic rings. The van der Waals surface area contributed by atoms with E-state index in [1.54, 1.807) is 0 Å². The van der Waals surface area contributed by atoms with Gasteiger partial charge in [0, 0.05) is 99.3 Å². The maximum absolute atomic E-state index is 3.44. The summed E-state index contributed by atoms with van der Waals surface area (Å²) in [7, 11) is 0. The molecule has 0 aromatic rings. The van der Waals surface area contributed by atoms with E-state index in [-0.39, 0.29) is 119 Å². The third-order valence-electron chi connectivity index (χ3n) is 0. The summed E-state index contributed by atoms with van der Waals surface area (Å²) in [5.41, 5.74) is 1.83. The Bertz CT molecular complexity index is 81.3. The van der Waals surface area contributed by atoms with Gasteiger partial charge in [-0.1, -0.05) is 13.8 Å². The molecule has 0 aliphatic heterocycles. The van der Waals surface area contributed by atoms with Crippen LogP contribution in [0.25, 0.3) is 0 Å². The summed E-state index contributed by atoms with van der Waals surface area (Å²) in [6.45, 7) is 17.5. The fraction of sp³-hybridized carbons (Fsp3) is 0.250. The maximum atomic E-state index is 3.44. The molecule has 0 heterocycles. The second-order valence-electron chi connectivity index (χ2n) is 1.91. The van der Waals surface area contributed by atoms with Crippen molar-refractivity contribution in [3.8, 4) is 0 Å². The van der Waals surface area contributed by atoms with Crippen molar-refractivity contribution in [3.05, 3.63) is 38.2 Å². The van der Waals surface area contributed by atoms with Gasteiger partial charge in [-0.2, -0.15) is 19.8 Å². The first kappa shape index (κ1) is 53.0. The van der Waals surface area contributed by atoms with Crippen LogP contribution in [0.5, 0.6) is 0 Å². The SMILES string of the molecule is C=C([CH2-])C.C=C([CH2-])C.P.P.[U].[U].[V].[V]. The van der Waals surface area contributed by atoms with Gasteiger partial charge in [-0.3, -0.25) is 0 Å². The van der Waals surface area contributed by atoms with Gasteiger partial charge < -0.3 is 0 Å². The van der Waals surface area contributed by atoms with Crippen LogP contribution in [0.15, 0.2) is 24.3 Å². The van der Waals surface area contributed by atoms with E-state index in [4.69, 9.17) is 0 Å². The first-order valence-corrected chi connectivity index (χ1v) is 2.41. The number of rotatable bonds is 0. The van der Waals surface area contributed by atoms with Crippen LogP contribution in [0.3, 0.4) is 0 Å². The van der Waals surface area contributed by atoms with E-state index in [1.165, 1.54) is 0 Å². The molecule has 0 rings (SSSR count). The molecule has 0 saturated heterocycles. The topological polar surface area (TPSA) is 0 Å². The molecule has 0 N–H and O–H groups in total. The van der Waals surface area contributed by atoms with Gasteiger partial charge in [-0.15, -0.1) is 0 Å². The third-order valence-corrected chi connectivity index (χ3v) is 0. The molecular formula is C8H20P2U2V2-2. The first-order valence-electron chi connectivity index (χ1n) is 2.41. The van der Waals surface area contributed by atoms with Gasteiger partial charge >= 0.3 is 0 Å². The van der Waals surface area contributed by atoms with Crippen LogP contribution in [-0.4, -0.2) is 0 Å². The number of hydrogen-bond acceptors (Lipinski definition) is 0. The molecule has 0 aromatic heterocycles. The minimum atomic E-state index is 0. The van der Waals surface area contributed by atoms with Crippen molar-refractivity contribution < 1.29 is 99.3 Å². The van der Waals surface area contributed by atoms with E-state index in [1.807, 2.05) is 13.8 Å². The van der Waals surface area contributed by atoms with E-state index in [9.17, 15) is 0 Å². The van der Waals surface area contributed by atoms with Crippen LogP contribution < -0.4 is 0 Å². The molecule has 82 valence electrons. The molecule has 0 spiro atoms. The molecule has 0 nitrogen and oxygen atoms in total. The van der Waals surface area contributed by atoms with E-state index in [2.05, 4.69) is 27.0 Å². The Labute approximate surface area is 168 Å². The quantitative estimate of drug-likeness (QED) is 0.264. The monoisotopic (exact) mass is 756 g/mol. The Kier molecular flexibility index (Phi) is 167. The summed E-state index contributed by atoms with van der Waals surface area (Å²) in [5.74, 6) is 0. The van der Waals surface area contributed by atoms with Crippen molar-refractivity contribution in [2.75, 3.05) is 0 Å². The average molecular weight is 756 g/mol. The second kappa shape index (κ2) is 44.1. The summed E-state index contributed by atoms with van der Waals surface area (Å²) in [6.07, 6.45) is 0. The molecule has 2 radical (unpaired) electrons. The molecule has 0 amide bonds. The minimum absolute atomic E-state index is 0. The largest absolute Gasteiger partial charge is 0.242 e. The Morgan fingerprint density at radius 1 is 0.786 bits per heavy atom. The van der Waals surface area contributed by atoms with E-state index in [0.29, 0.717) is 0 Å². The van der Waals surface area contributed by atoms with Crippen molar-refractivity contribution in [1.29, 1.82) is 0 Å². The molecule has 0 saturated carbocycles. The Morgan fingerprint density at radius 3 is 0.786 bits per heavy atom.